The van der Waals surface area contributed by atoms with Crippen LogP contribution in [0.25, 0.3) is 0 Å². The highest BCUT2D eigenvalue weighted by atomic mass is 16.5. The fourth-order valence-electron chi connectivity index (χ4n) is 4.36. The SMILES string of the molecule is COC(=O)C1=C(Nc2ccc(OC)cc2)C[C@@H](c2cccc(C)c2)N[C@@H]1c1cccc(C)c1. The minimum atomic E-state index is -0.340. The lowest BCUT2D eigenvalue weighted by atomic mass is 9.86. The Kier molecular flexibility index (Phi) is 6.80. The summed E-state index contributed by atoms with van der Waals surface area (Å²) in [6.07, 6.45) is 0.627. The molecular weight excluding hydrogens is 412 g/mol. The van der Waals surface area contributed by atoms with Crippen molar-refractivity contribution in [1.82, 2.24) is 5.32 Å². The fraction of sp³-hybridized carbons (Fsp3) is 0.250. The summed E-state index contributed by atoms with van der Waals surface area (Å²) in [6, 6.07) is 24.2. The quantitative estimate of drug-likeness (QED) is 0.485. The minimum absolute atomic E-state index is 0.0320. The van der Waals surface area contributed by atoms with Crippen LogP contribution in [0.2, 0.25) is 0 Å². The van der Waals surface area contributed by atoms with E-state index in [1.165, 1.54) is 18.2 Å². The van der Waals surface area contributed by atoms with Gasteiger partial charge >= 0.3 is 5.97 Å². The number of hydrogen-bond donors (Lipinski definition) is 2. The lowest BCUT2D eigenvalue weighted by Gasteiger charge is -2.35. The van der Waals surface area contributed by atoms with E-state index in [0.29, 0.717) is 12.0 Å². The number of ether oxygens (including phenoxy) is 2. The van der Waals surface area contributed by atoms with E-state index in [0.717, 1.165) is 28.3 Å². The summed E-state index contributed by atoms with van der Waals surface area (Å²) >= 11 is 0. The molecule has 0 aromatic heterocycles. The first-order chi connectivity index (χ1) is 16.0. The van der Waals surface area contributed by atoms with Gasteiger partial charge in [-0.3, -0.25) is 5.32 Å². The lowest BCUT2D eigenvalue weighted by Crippen LogP contribution is -2.37. The number of rotatable bonds is 6. The third-order valence-corrected chi connectivity index (χ3v) is 6.00. The molecule has 3 aromatic rings. The molecule has 0 saturated carbocycles. The summed E-state index contributed by atoms with van der Waals surface area (Å²) < 4.78 is 10.5. The van der Waals surface area contributed by atoms with Crippen LogP contribution in [0.5, 0.6) is 5.75 Å². The number of aryl methyl sites for hydroxylation is 2. The van der Waals surface area contributed by atoms with Crippen LogP contribution in [0.1, 0.15) is 40.8 Å². The maximum atomic E-state index is 13.1. The van der Waals surface area contributed by atoms with Gasteiger partial charge in [-0.15, -0.1) is 0 Å². The second-order valence-electron chi connectivity index (χ2n) is 8.42. The van der Waals surface area contributed by atoms with Gasteiger partial charge in [-0.25, -0.2) is 4.79 Å². The zero-order valence-electron chi connectivity index (χ0n) is 19.5. The standard InChI is InChI=1S/C28H30N2O3/c1-18-7-5-9-20(15-18)24-17-25(29-22-11-13-23(32-3)14-12-22)26(28(31)33-4)27(30-24)21-10-6-8-19(2)16-21/h5-16,24,27,29-30H,17H2,1-4H3/t24-,27+/m0/s1. The van der Waals surface area contributed by atoms with Gasteiger partial charge in [-0.1, -0.05) is 59.7 Å². The van der Waals surface area contributed by atoms with Crippen molar-refractivity contribution in [1.29, 1.82) is 0 Å². The molecule has 3 aromatic carbocycles. The van der Waals surface area contributed by atoms with Crippen LogP contribution in [0.4, 0.5) is 5.69 Å². The highest BCUT2D eigenvalue weighted by Crippen LogP contribution is 2.38. The maximum Gasteiger partial charge on any atom is 0.337 e. The van der Waals surface area contributed by atoms with Crippen molar-refractivity contribution in [3.05, 3.63) is 106 Å². The second kappa shape index (κ2) is 9.92. The average molecular weight is 443 g/mol. The van der Waals surface area contributed by atoms with Crippen LogP contribution in [0, 0.1) is 13.8 Å². The molecular formula is C28H30N2O3. The highest BCUT2D eigenvalue weighted by Gasteiger charge is 2.35. The van der Waals surface area contributed by atoms with E-state index in [1.807, 2.05) is 30.3 Å². The Bertz CT molecular complexity index is 1170. The first-order valence-corrected chi connectivity index (χ1v) is 11.1. The van der Waals surface area contributed by atoms with E-state index in [-0.39, 0.29) is 18.1 Å². The van der Waals surface area contributed by atoms with Crippen LogP contribution < -0.4 is 15.4 Å². The Morgan fingerprint density at radius 2 is 1.55 bits per heavy atom. The molecule has 0 unspecified atom stereocenters. The van der Waals surface area contributed by atoms with E-state index in [4.69, 9.17) is 9.47 Å². The topological polar surface area (TPSA) is 59.6 Å². The van der Waals surface area contributed by atoms with Crippen molar-refractivity contribution in [3.63, 3.8) is 0 Å². The number of carbonyl (C=O) groups excluding carboxylic acids is 1. The van der Waals surface area contributed by atoms with E-state index in [9.17, 15) is 4.79 Å². The number of hydrogen-bond acceptors (Lipinski definition) is 5. The van der Waals surface area contributed by atoms with Gasteiger partial charge in [0, 0.05) is 23.8 Å². The second-order valence-corrected chi connectivity index (χ2v) is 8.42. The van der Waals surface area contributed by atoms with Crippen molar-refractivity contribution in [2.45, 2.75) is 32.4 Å². The van der Waals surface area contributed by atoms with Gasteiger partial charge in [0.25, 0.3) is 0 Å². The predicted molar refractivity (Wildman–Crippen MR) is 131 cm³/mol. The molecule has 0 aliphatic carbocycles. The number of esters is 1. The molecule has 0 amide bonds. The molecule has 2 N–H and O–H groups in total. The number of nitrogens with one attached hydrogen (secondary N) is 2. The van der Waals surface area contributed by atoms with Crippen molar-refractivity contribution < 1.29 is 14.3 Å². The summed E-state index contributed by atoms with van der Waals surface area (Å²) in [6.45, 7) is 4.15. The summed E-state index contributed by atoms with van der Waals surface area (Å²) in [5.74, 6) is 0.441. The van der Waals surface area contributed by atoms with Gasteiger partial charge in [0.05, 0.1) is 25.8 Å². The molecule has 0 bridgehead atoms. The number of carbonyl (C=O) groups is 1. The summed E-state index contributed by atoms with van der Waals surface area (Å²) in [4.78, 5) is 13.1. The van der Waals surface area contributed by atoms with Crippen LogP contribution >= 0.6 is 0 Å². The Morgan fingerprint density at radius 3 is 2.15 bits per heavy atom. The first kappa shape index (κ1) is 22.6. The molecule has 0 spiro atoms. The normalized spacial score (nSPS) is 18.1. The molecule has 1 aliphatic heterocycles. The number of benzene rings is 3. The zero-order chi connectivity index (χ0) is 23.4. The maximum absolute atomic E-state index is 13.1. The summed E-state index contributed by atoms with van der Waals surface area (Å²) in [5, 5.41) is 7.23. The van der Waals surface area contributed by atoms with Crippen LogP contribution in [-0.4, -0.2) is 20.2 Å². The largest absolute Gasteiger partial charge is 0.497 e. The van der Waals surface area contributed by atoms with Gasteiger partial charge in [0.2, 0.25) is 0 Å². The van der Waals surface area contributed by atoms with Crippen molar-refractivity contribution in [2.75, 3.05) is 19.5 Å². The molecule has 0 saturated heterocycles. The summed E-state index contributed by atoms with van der Waals surface area (Å²) in [7, 11) is 3.08. The molecule has 5 nitrogen and oxygen atoms in total. The van der Waals surface area contributed by atoms with Gasteiger partial charge in [-0.2, -0.15) is 0 Å². The molecule has 0 fully saturated rings. The average Bonchev–Trinajstić information content (AvgIpc) is 2.83. The van der Waals surface area contributed by atoms with E-state index >= 15 is 0 Å². The van der Waals surface area contributed by atoms with Crippen LogP contribution in [-0.2, 0) is 9.53 Å². The highest BCUT2D eigenvalue weighted by molar-refractivity contribution is 5.92. The van der Waals surface area contributed by atoms with Crippen molar-refractivity contribution >= 4 is 11.7 Å². The molecule has 2 atom stereocenters. The van der Waals surface area contributed by atoms with Crippen LogP contribution in [0.15, 0.2) is 84.1 Å². The van der Waals surface area contributed by atoms with E-state index < -0.39 is 0 Å². The smallest absolute Gasteiger partial charge is 0.337 e. The predicted octanol–water partition coefficient (Wildman–Crippen LogP) is 5.63. The van der Waals surface area contributed by atoms with E-state index in [2.05, 4.69) is 66.9 Å². The number of methoxy groups -OCH3 is 2. The van der Waals surface area contributed by atoms with Crippen molar-refractivity contribution in [3.8, 4) is 5.75 Å². The minimum Gasteiger partial charge on any atom is -0.497 e. The lowest BCUT2D eigenvalue weighted by molar-refractivity contribution is -0.136. The van der Waals surface area contributed by atoms with Gasteiger partial charge in [-0.05, 0) is 49.2 Å². The Morgan fingerprint density at radius 1 is 0.909 bits per heavy atom. The Balaban J connectivity index is 1.81. The van der Waals surface area contributed by atoms with Gasteiger partial charge < -0.3 is 14.8 Å². The molecule has 0 radical (unpaired) electrons. The molecule has 5 heteroatoms. The van der Waals surface area contributed by atoms with E-state index in [1.54, 1.807) is 7.11 Å². The van der Waals surface area contributed by atoms with Gasteiger partial charge in [0.15, 0.2) is 0 Å². The third kappa shape index (κ3) is 5.10. The monoisotopic (exact) mass is 442 g/mol. The Hall–Kier alpha value is -3.57. The number of anilines is 1. The molecule has 4 rings (SSSR count). The molecule has 1 aliphatic rings. The van der Waals surface area contributed by atoms with Crippen molar-refractivity contribution in [2.24, 2.45) is 0 Å². The third-order valence-electron chi connectivity index (χ3n) is 6.00. The van der Waals surface area contributed by atoms with Gasteiger partial charge in [0.1, 0.15) is 5.75 Å². The van der Waals surface area contributed by atoms with Crippen LogP contribution in [0.3, 0.4) is 0 Å². The fourth-order valence-corrected chi connectivity index (χ4v) is 4.36. The molecule has 1 heterocycles. The first-order valence-electron chi connectivity index (χ1n) is 11.1. The zero-order valence-corrected chi connectivity index (χ0v) is 19.5. The Labute approximate surface area is 195 Å². The molecule has 170 valence electrons. The summed E-state index contributed by atoms with van der Waals surface area (Å²) in [5.41, 5.74) is 6.90. The molecule has 33 heavy (non-hydrogen) atoms.